The number of halogens is 1. The van der Waals surface area contributed by atoms with Crippen molar-refractivity contribution in [3.63, 3.8) is 0 Å². The summed E-state index contributed by atoms with van der Waals surface area (Å²) in [5.41, 5.74) is 0.623. The number of carbonyl (C=O) groups excluding carboxylic acids is 1. The molecule has 5 rings (SSSR count). The first-order chi connectivity index (χ1) is 14.6. The predicted molar refractivity (Wildman–Crippen MR) is 112 cm³/mol. The molecule has 0 bridgehead atoms. The van der Waals surface area contributed by atoms with Gasteiger partial charge in [-0.3, -0.25) is 9.59 Å². The Morgan fingerprint density at radius 2 is 1.93 bits per heavy atom. The molecule has 0 spiro atoms. The first-order valence-corrected chi connectivity index (χ1v) is 10.4. The van der Waals surface area contributed by atoms with Crippen LogP contribution < -0.4 is 10.5 Å². The van der Waals surface area contributed by atoms with Crippen LogP contribution in [0.1, 0.15) is 23.2 Å². The molecule has 0 N–H and O–H groups in total. The van der Waals surface area contributed by atoms with Gasteiger partial charge in [-0.25, -0.2) is 14.1 Å². The molecule has 1 aromatic carbocycles. The predicted octanol–water partition coefficient (Wildman–Crippen LogP) is 3.74. The van der Waals surface area contributed by atoms with Gasteiger partial charge in [-0.15, -0.1) is 0 Å². The lowest BCUT2D eigenvalue weighted by molar-refractivity contribution is 0.0966. The molecule has 1 fully saturated rings. The van der Waals surface area contributed by atoms with Gasteiger partial charge in [-0.2, -0.15) is 5.10 Å². The number of furan rings is 1. The maximum atomic E-state index is 13.2. The SMILES string of the molecule is O=C(Cn1nc(-c2ccco2)c2sc(N3CCCC3)nc2c1=O)c1ccc(F)cc1. The van der Waals surface area contributed by atoms with Gasteiger partial charge in [0.05, 0.1) is 11.0 Å². The summed E-state index contributed by atoms with van der Waals surface area (Å²) in [6, 6.07) is 8.71. The van der Waals surface area contributed by atoms with Crippen molar-refractivity contribution in [1.29, 1.82) is 0 Å². The molecule has 30 heavy (non-hydrogen) atoms. The third kappa shape index (κ3) is 3.30. The summed E-state index contributed by atoms with van der Waals surface area (Å²) in [6.07, 6.45) is 3.72. The lowest BCUT2D eigenvalue weighted by atomic mass is 10.1. The molecule has 0 unspecified atom stereocenters. The number of hydrogen-bond donors (Lipinski definition) is 0. The van der Waals surface area contributed by atoms with Crippen molar-refractivity contribution in [1.82, 2.24) is 14.8 Å². The zero-order valence-electron chi connectivity index (χ0n) is 15.9. The van der Waals surface area contributed by atoms with Crippen LogP contribution in [0.5, 0.6) is 0 Å². The van der Waals surface area contributed by atoms with E-state index >= 15 is 0 Å². The van der Waals surface area contributed by atoms with Crippen molar-refractivity contribution < 1.29 is 13.6 Å². The molecule has 7 nitrogen and oxygen atoms in total. The molecule has 0 saturated carbocycles. The molecule has 1 aliphatic rings. The molecule has 0 aliphatic carbocycles. The van der Waals surface area contributed by atoms with E-state index in [9.17, 15) is 14.0 Å². The smallest absolute Gasteiger partial charge is 0.294 e. The van der Waals surface area contributed by atoms with E-state index in [4.69, 9.17) is 4.42 Å². The molecule has 1 saturated heterocycles. The molecule has 4 aromatic rings. The molecule has 3 aromatic heterocycles. The fourth-order valence-electron chi connectivity index (χ4n) is 3.54. The summed E-state index contributed by atoms with van der Waals surface area (Å²) >= 11 is 1.41. The highest BCUT2D eigenvalue weighted by Crippen LogP contribution is 2.35. The molecular formula is C21H17FN4O3S. The summed E-state index contributed by atoms with van der Waals surface area (Å²) in [4.78, 5) is 32.5. The summed E-state index contributed by atoms with van der Waals surface area (Å²) in [6.45, 7) is 1.53. The van der Waals surface area contributed by atoms with Gasteiger partial charge in [0, 0.05) is 18.7 Å². The van der Waals surface area contributed by atoms with Crippen LogP contribution in [-0.2, 0) is 6.54 Å². The molecule has 9 heteroatoms. The highest BCUT2D eigenvalue weighted by Gasteiger charge is 2.23. The second-order valence-corrected chi connectivity index (χ2v) is 8.06. The zero-order valence-corrected chi connectivity index (χ0v) is 16.7. The summed E-state index contributed by atoms with van der Waals surface area (Å²) in [7, 11) is 0. The Morgan fingerprint density at radius 1 is 1.17 bits per heavy atom. The maximum Gasteiger partial charge on any atom is 0.294 e. The van der Waals surface area contributed by atoms with Crippen LogP contribution in [0.4, 0.5) is 9.52 Å². The maximum absolute atomic E-state index is 13.2. The number of ketones is 1. The topological polar surface area (TPSA) is 81.2 Å². The van der Waals surface area contributed by atoms with Crippen LogP contribution in [0.2, 0.25) is 0 Å². The number of rotatable bonds is 5. The monoisotopic (exact) mass is 424 g/mol. The van der Waals surface area contributed by atoms with Crippen molar-refractivity contribution in [2.24, 2.45) is 0 Å². The first kappa shape index (κ1) is 18.7. The standard InChI is InChI=1S/C21H17FN4O3S/c22-14-7-5-13(6-8-14)15(27)12-26-20(28)18-19(17(24-26)16-4-3-11-29-16)30-21(23-18)25-9-1-2-10-25/h3-8,11H,1-2,9-10,12H2. The Kier molecular flexibility index (Phi) is 4.66. The van der Waals surface area contributed by atoms with Crippen molar-refractivity contribution in [2.45, 2.75) is 19.4 Å². The molecule has 4 heterocycles. The Bertz CT molecular complexity index is 1270. The van der Waals surface area contributed by atoms with E-state index in [1.54, 1.807) is 12.1 Å². The van der Waals surface area contributed by atoms with Crippen LogP contribution in [-0.4, -0.2) is 33.6 Å². The van der Waals surface area contributed by atoms with E-state index in [1.165, 1.54) is 41.9 Å². The minimum Gasteiger partial charge on any atom is -0.463 e. The third-order valence-electron chi connectivity index (χ3n) is 5.08. The molecule has 0 atom stereocenters. The number of benzene rings is 1. The van der Waals surface area contributed by atoms with E-state index < -0.39 is 11.4 Å². The number of anilines is 1. The van der Waals surface area contributed by atoms with E-state index in [0.717, 1.165) is 35.7 Å². The Labute approximate surface area is 174 Å². The van der Waals surface area contributed by atoms with Gasteiger partial charge in [0.1, 0.15) is 18.1 Å². The van der Waals surface area contributed by atoms with E-state index in [1.807, 2.05) is 0 Å². The van der Waals surface area contributed by atoms with Gasteiger partial charge in [-0.05, 0) is 49.2 Å². The van der Waals surface area contributed by atoms with Gasteiger partial charge in [0.25, 0.3) is 5.56 Å². The number of thiazole rings is 1. The molecule has 0 amide bonds. The second-order valence-electron chi connectivity index (χ2n) is 7.09. The third-order valence-corrected chi connectivity index (χ3v) is 6.20. The van der Waals surface area contributed by atoms with Gasteiger partial charge >= 0.3 is 0 Å². The second kappa shape index (κ2) is 7.49. The van der Waals surface area contributed by atoms with Crippen molar-refractivity contribution >= 4 is 32.5 Å². The van der Waals surface area contributed by atoms with Crippen LogP contribution >= 0.6 is 11.3 Å². The normalized spacial score (nSPS) is 14.0. The van der Waals surface area contributed by atoms with Crippen molar-refractivity contribution in [3.8, 4) is 11.5 Å². The van der Waals surface area contributed by atoms with E-state index in [-0.39, 0.29) is 17.8 Å². The Hall–Kier alpha value is -3.33. The average Bonchev–Trinajstić information content (AvgIpc) is 3.51. The largest absolute Gasteiger partial charge is 0.463 e. The van der Waals surface area contributed by atoms with Gasteiger partial charge in [-0.1, -0.05) is 11.3 Å². The van der Waals surface area contributed by atoms with Gasteiger partial charge < -0.3 is 9.32 Å². The average molecular weight is 424 g/mol. The minimum absolute atomic E-state index is 0.273. The van der Waals surface area contributed by atoms with Crippen LogP contribution in [0.25, 0.3) is 21.7 Å². The number of Topliss-reactive ketones (excluding diaryl/α,β-unsaturated/α-hetero) is 1. The number of hydrogen-bond acceptors (Lipinski definition) is 7. The first-order valence-electron chi connectivity index (χ1n) is 9.59. The number of carbonyl (C=O) groups is 1. The Morgan fingerprint density at radius 3 is 2.63 bits per heavy atom. The molecule has 0 radical (unpaired) electrons. The van der Waals surface area contributed by atoms with Gasteiger partial charge in [0.15, 0.2) is 22.2 Å². The summed E-state index contributed by atoms with van der Waals surface area (Å²) in [5.74, 6) is -0.274. The van der Waals surface area contributed by atoms with Crippen LogP contribution in [0, 0.1) is 5.82 Å². The number of fused-ring (bicyclic) bond motifs is 1. The molecule has 1 aliphatic heterocycles. The fraction of sp³-hybridized carbons (Fsp3) is 0.238. The van der Waals surface area contributed by atoms with Crippen molar-refractivity contribution in [3.05, 3.63) is 64.4 Å². The molecule has 152 valence electrons. The number of aromatic nitrogens is 3. The molecular weight excluding hydrogens is 407 g/mol. The lowest BCUT2D eigenvalue weighted by Crippen LogP contribution is -2.27. The summed E-state index contributed by atoms with van der Waals surface area (Å²) in [5, 5.41) is 5.21. The van der Waals surface area contributed by atoms with Crippen LogP contribution in [0.3, 0.4) is 0 Å². The lowest BCUT2D eigenvalue weighted by Gasteiger charge is -2.11. The van der Waals surface area contributed by atoms with Crippen LogP contribution in [0.15, 0.2) is 51.9 Å². The highest BCUT2D eigenvalue weighted by molar-refractivity contribution is 7.22. The quantitative estimate of drug-likeness (QED) is 0.454. The fourth-order valence-corrected chi connectivity index (χ4v) is 4.64. The van der Waals surface area contributed by atoms with E-state index in [2.05, 4.69) is 15.0 Å². The minimum atomic E-state index is -0.433. The van der Waals surface area contributed by atoms with Gasteiger partial charge in [0.2, 0.25) is 0 Å². The number of nitrogens with zero attached hydrogens (tertiary/aromatic N) is 4. The van der Waals surface area contributed by atoms with E-state index in [0.29, 0.717) is 21.7 Å². The zero-order chi connectivity index (χ0) is 20.7. The summed E-state index contributed by atoms with van der Waals surface area (Å²) < 4.78 is 20.4. The van der Waals surface area contributed by atoms with Crippen molar-refractivity contribution in [2.75, 3.05) is 18.0 Å². The highest BCUT2D eigenvalue weighted by atomic mass is 32.1. The Balaban J connectivity index is 1.61.